The Morgan fingerprint density at radius 3 is 2.49 bits per heavy atom. The van der Waals surface area contributed by atoms with Crippen LogP contribution in [0, 0.1) is 18.2 Å². The van der Waals surface area contributed by atoms with Gasteiger partial charge in [0.15, 0.2) is 6.79 Å². The smallest absolute Gasteiger partial charge is 0.340 e. The van der Waals surface area contributed by atoms with Gasteiger partial charge in [0.25, 0.3) is 0 Å². The number of methoxy groups -OCH3 is 1. The number of hydrogen-bond donors (Lipinski definition) is 0. The van der Waals surface area contributed by atoms with E-state index in [1.807, 2.05) is 40.1 Å². The van der Waals surface area contributed by atoms with E-state index in [-0.39, 0.29) is 34.8 Å². The van der Waals surface area contributed by atoms with Crippen molar-refractivity contribution in [3.05, 3.63) is 76.7 Å². The third kappa shape index (κ3) is 7.14. The van der Waals surface area contributed by atoms with E-state index in [1.54, 1.807) is 25.3 Å². The Kier molecular flexibility index (Phi) is 9.28. The average molecular weight is 665 g/mol. The van der Waals surface area contributed by atoms with Crippen molar-refractivity contribution in [2.75, 3.05) is 52.6 Å². The molecule has 1 aromatic heterocycles. The van der Waals surface area contributed by atoms with E-state index in [9.17, 15) is 8.42 Å². The number of fused-ring (bicyclic) bond motifs is 2. The molecule has 1 aliphatic heterocycles. The lowest BCUT2D eigenvalue weighted by Gasteiger charge is -2.32. The molecular formula is C35H41FN4O6S. The molecule has 47 heavy (non-hydrogen) atoms. The maximum absolute atomic E-state index is 15.1. The molecule has 10 nitrogen and oxygen atoms in total. The topological polar surface area (TPSA) is 103 Å². The zero-order valence-corrected chi connectivity index (χ0v) is 28.3. The van der Waals surface area contributed by atoms with Crippen LogP contribution < -0.4 is 18.6 Å². The minimum absolute atomic E-state index is 0.00593. The Labute approximate surface area is 275 Å². The van der Waals surface area contributed by atoms with Gasteiger partial charge in [0.1, 0.15) is 16.5 Å². The second-order valence-electron chi connectivity index (χ2n) is 12.8. The van der Waals surface area contributed by atoms with E-state index in [0.717, 1.165) is 41.4 Å². The van der Waals surface area contributed by atoms with Crippen molar-refractivity contribution in [1.29, 1.82) is 0 Å². The highest BCUT2D eigenvalue weighted by Gasteiger charge is 2.44. The molecule has 1 fully saturated rings. The average Bonchev–Trinajstić information content (AvgIpc) is 3.80. The lowest BCUT2D eigenvalue weighted by molar-refractivity contribution is 0.0512. The van der Waals surface area contributed by atoms with Gasteiger partial charge in [-0.05, 0) is 81.9 Å². The number of nitrogens with zero attached hydrogens (tertiary/aromatic N) is 4. The van der Waals surface area contributed by atoms with Crippen molar-refractivity contribution >= 4 is 26.6 Å². The minimum Gasteiger partial charge on any atom is -0.467 e. The molecule has 3 aromatic carbocycles. The molecule has 0 N–H and O–H groups in total. The second kappa shape index (κ2) is 13.2. The summed E-state index contributed by atoms with van der Waals surface area (Å²) in [4.78, 5) is 13.6. The Bertz CT molecular complexity index is 1880. The number of rotatable bonds is 13. The molecule has 0 unspecified atom stereocenters. The summed E-state index contributed by atoms with van der Waals surface area (Å²) in [6.07, 6.45) is 2.95. The second-order valence-corrected chi connectivity index (χ2v) is 14.3. The molecular weight excluding hydrogens is 623 g/mol. The Morgan fingerprint density at radius 2 is 1.81 bits per heavy atom. The van der Waals surface area contributed by atoms with E-state index >= 15 is 4.39 Å². The fourth-order valence-electron chi connectivity index (χ4n) is 6.25. The Balaban J connectivity index is 1.40. The van der Waals surface area contributed by atoms with Crippen molar-refractivity contribution in [3.8, 4) is 17.6 Å². The van der Waals surface area contributed by atoms with Gasteiger partial charge < -0.3 is 28.2 Å². The van der Waals surface area contributed by atoms with Crippen molar-refractivity contribution < 1.29 is 31.2 Å². The fourth-order valence-corrected chi connectivity index (χ4v) is 7.17. The van der Waals surface area contributed by atoms with Crippen molar-refractivity contribution in [1.82, 2.24) is 14.9 Å². The van der Waals surface area contributed by atoms with Crippen LogP contribution in [-0.2, 0) is 34.2 Å². The van der Waals surface area contributed by atoms with Crippen LogP contribution in [0.5, 0.6) is 17.6 Å². The van der Waals surface area contributed by atoms with Crippen LogP contribution >= 0.6 is 0 Å². The van der Waals surface area contributed by atoms with Gasteiger partial charge in [-0.2, -0.15) is 18.4 Å². The van der Waals surface area contributed by atoms with Crippen LogP contribution in [-0.4, -0.2) is 71.0 Å². The van der Waals surface area contributed by atoms with Crippen LogP contribution in [0.2, 0.25) is 0 Å². The number of benzene rings is 3. The quantitative estimate of drug-likeness (QED) is 0.131. The van der Waals surface area contributed by atoms with Gasteiger partial charge in [-0.1, -0.05) is 30.7 Å². The molecule has 2 aliphatic rings. The first-order chi connectivity index (χ1) is 22.5. The molecule has 6 rings (SSSR count). The molecule has 1 aliphatic carbocycles. The molecule has 1 saturated carbocycles. The van der Waals surface area contributed by atoms with E-state index < -0.39 is 10.1 Å². The van der Waals surface area contributed by atoms with Gasteiger partial charge >= 0.3 is 16.1 Å². The van der Waals surface area contributed by atoms with E-state index in [2.05, 4.69) is 14.8 Å². The van der Waals surface area contributed by atoms with Gasteiger partial charge in [0.05, 0.1) is 18.8 Å². The van der Waals surface area contributed by atoms with Crippen LogP contribution in [0.15, 0.2) is 53.4 Å². The number of ether oxygens (including phenoxy) is 3. The molecule has 12 heteroatoms. The molecule has 0 atom stereocenters. The molecule has 250 valence electrons. The van der Waals surface area contributed by atoms with Gasteiger partial charge in [-0.25, -0.2) is 4.39 Å². The monoisotopic (exact) mass is 664 g/mol. The number of halogens is 1. The van der Waals surface area contributed by atoms with Gasteiger partial charge in [0.2, 0.25) is 5.88 Å². The summed E-state index contributed by atoms with van der Waals surface area (Å²) >= 11 is 0. The van der Waals surface area contributed by atoms with Crippen molar-refractivity contribution in [2.24, 2.45) is 5.41 Å². The maximum atomic E-state index is 15.1. The summed E-state index contributed by atoms with van der Waals surface area (Å²) in [5.41, 5.74) is 3.51. The van der Waals surface area contributed by atoms with Crippen LogP contribution in [0.1, 0.15) is 42.1 Å². The third-order valence-electron chi connectivity index (χ3n) is 8.78. The maximum Gasteiger partial charge on any atom is 0.340 e. The molecule has 0 radical (unpaired) electrons. The number of aryl methyl sites for hydroxylation is 2. The standard InChI is InChI=1S/C35H41FN4O6S/c1-6-27-29(36)12-9-24-17-25(45-22-43-5)18-31(32(24)27)40-16-13-28-30(19-40)37-34(44-21-35(14-15-35)20-39(3)4)38-33(28)46-47(41,42)26-10-7-23(2)8-11-26/h7-12,17-18H,6,13-16,19-22H2,1-5H3. The highest BCUT2D eigenvalue weighted by Crippen LogP contribution is 2.46. The SMILES string of the molecule is CCc1c(F)ccc2cc(OCOC)cc(N3CCc4c(nc(OCC5(CN(C)C)CC5)nc4OS(=O)(=O)c4ccc(C)cc4)C3)c12. The highest BCUT2D eigenvalue weighted by atomic mass is 32.2. The molecule has 0 amide bonds. The zero-order valence-electron chi connectivity index (χ0n) is 27.5. The van der Waals surface area contributed by atoms with E-state index in [1.165, 1.54) is 18.2 Å². The molecule has 0 saturated heterocycles. The molecule has 0 bridgehead atoms. The third-order valence-corrected chi connectivity index (χ3v) is 10.0. The van der Waals surface area contributed by atoms with Crippen LogP contribution in [0.25, 0.3) is 10.8 Å². The van der Waals surface area contributed by atoms with Gasteiger partial charge in [-0.15, -0.1) is 0 Å². The first kappa shape index (κ1) is 32.9. The first-order valence-electron chi connectivity index (χ1n) is 15.8. The normalized spacial score (nSPS) is 15.5. The van der Waals surface area contributed by atoms with Gasteiger partial charge in [0, 0.05) is 48.3 Å². The fraction of sp³-hybridized carbons (Fsp3) is 0.429. The minimum atomic E-state index is -4.19. The molecule has 2 heterocycles. The van der Waals surface area contributed by atoms with Crippen LogP contribution in [0.3, 0.4) is 0 Å². The van der Waals surface area contributed by atoms with Gasteiger partial charge in [-0.3, -0.25) is 0 Å². The molecule has 4 aromatic rings. The summed E-state index contributed by atoms with van der Waals surface area (Å²) in [6, 6.07) is 13.5. The first-order valence-corrected chi connectivity index (χ1v) is 17.2. The number of aromatic nitrogens is 2. The summed E-state index contributed by atoms with van der Waals surface area (Å²) in [6.45, 7) is 5.92. The summed E-state index contributed by atoms with van der Waals surface area (Å²) in [5, 5.41) is 1.64. The van der Waals surface area contributed by atoms with Crippen LogP contribution in [0.4, 0.5) is 10.1 Å². The van der Waals surface area contributed by atoms with E-state index in [0.29, 0.717) is 55.1 Å². The summed E-state index contributed by atoms with van der Waals surface area (Å²) < 4.78 is 64.8. The lowest BCUT2D eigenvalue weighted by atomic mass is 9.97. The predicted octanol–water partition coefficient (Wildman–Crippen LogP) is 5.67. The predicted molar refractivity (Wildman–Crippen MR) is 177 cm³/mol. The number of anilines is 1. The largest absolute Gasteiger partial charge is 0.467 e. The van der Waals surface area contributed by atoms with Crippen molar-refractivity contribution in [2.45, 2.75) is 51.0 Å². The summed E-state index contributed by atoms with van der Waals surface area (Å²) in [5.74, 6) is 0.278. The summed E-state index contributed by atoms with van der Waals surface area (Å²) in [7, 11) is 1.42. The Morgan fingerprint density at radius 1 is 1.04 bits per heavy atom. The van der Waals surface area contributed by atoms with E-state index in [4.69, 9.17) is 23.4 Å². The zero-order chi connectivity index (χ0) is 33.3. The lowest BCUT2D eigenvalue weighted by Crippen LogP contribution is -2.33. The highest BCUT2D eigenvalue weighted by molar-refractivity contribution is 7.87. The Hall–Kier alpha value is -4.00. The number of hydrogen-bond acceptors (Lipinski definition) is 10. The molecule has 0 spiro atoms. The van der Waals surface area contributed by atoms with Crippen molar-refractivity contribution in [3.63, 3.8) is 0 Å².